The molecule has 0 amide bonds. The highest BCUT2D eigenvalue weighted by molar-refractivity contribution is 9.11. The highest BCUT2D eigenvalue weighted by Crippen LogP contribution is 2.31. The number of nitrogens with two attached hydrogens (primary N) is 1. The van der Waals surface area contributed by atoms with Crippen LogP contribution in [0.4, 0.5) is 5.69 Å². The summed E-state index contributed by atoms with van der Waals surface area (Å²) in [6, 6.07) is 4.76. The Morgan fingerprint density at radius 2 is 1.89 bits per heavy atom. The lowest BCUT2D eigenvalue weighted by Gasteiger charge is -2.33. The summed E-state index contributed by atoms with van der Waals surface area (Å²) >= 11 is 11.6. The summed E-state index contributed by atoms with van der Waals surface area (Å²) in [5, 5.41) is 0.592. The minimum Gasteiger partial charge on any atom is -0.398 e. The third-order valence-electron chi connectivity index (χ3n) is 3.89. The summed E-state index contributed by atoms with van der Waals surface area (Å²) in [6.07, 6.45) is 4.91. The number of hydrogen-bond donors (Lipinski definition) is 2. The zero-order chi connectivity index (χ0) is 14.0. The molecule has 2 rings (SSSR count). The van der Waals surface area contributed by atoms with Crippen molar-refractivity contribution in [2.24, 2.45) is 0 Å². The molecule has 5 heteroatoms. The van der Waals surface area contributed by atoms with E-state index in [-0.39, 0.29) is 0 Å². The molecule has 1 aliphatic carbocycles. The van der Waals surface area contributed by atoms with E-state index in [1.54, 1.807) is 0 Å². The number of thiol groups is 1. The summed E-state index contributed by atoms with van der Waals surface area (Å²) in [7, 11) is 2.19. The van der Waals surface area contributed by atoms with Crippen LogP contribution >= 0.6 is 44.5 Å². The van der Waals surface area contributed by atoms with Crippen molar-refractivity contribution in [1.82, 2.24) is 4.90 Å². The molecule has 2 N–H and O–H groups in total. The topological polar surface area (TPSA) is 29.3 Å². The van der Waals surface area contributed by atoms with E-state index in [2.05, 4.69) is 62.5 Å². The molecule has 0 bridgehead atoms. The van der Waals surface area contributed by atoms with Gasteiger partial charge in [0.1, 0.15) is 0 Å². The van der Waals surface area contributed by atoms with Crippen LogP contribution in [0.15, 0.2) is 21.1 Å². The lowest BCUT2D eigenvalue weighted by atomic mass is 9.93. The minimum atomic E-state index is 0.592. The van der Waals surface area contributed by atoms with E-state index in [0.29, 0.717) is 11.3 Å². The zero-order valence-electron chi connectivity index (χ0n) is 11.1. The number of nitrogen functional groups attached to an aromatic ring is 1. The number of nitrogens with zero attached hydrogens (tertiary/aromatic N) is 1. The summed E-state index contributed by atoms with van der Waals surface area (Å²) in [6.45, 7) is 0.895. The maximum absolute atomic E-state index is 6.14. The van der Waals surface area contributed by atoms with Crippen LogP contribution in [0.1, 0.15) is 31.2 Å². The van der Waals surface area contributed by atoms with E-state index in [9.17, 15) is 0 Å². The van der Waals surface area contributed by atoms with Gasteiger partial charge in [0.25, 0.3) is 0 Å². The van der Waals surface area contributed by atoms with Crippen LogP contribution in [0.3, 0.4) is 0 Å². The van der Waals surface area contributed by atoms with Crippen LogP contribution in [0.5, 0.6) is 0 Å². The smallest absolute Gasteiger partial charge is 0.0504 e. The summed E-state index contributed by atoms with van der Waals surface area (Å²) in [5.74, 6) is 0. The number of halogens is 2. The van der Waals surface area contributed by atoms with Crippen molar-refractivity contribution >= 4 is 50.2 Å². The predicted molar refractivity (Wildman–Crippen MR) is 92.8 cm³/mol. The first-order valence-electron chi connectivity index (χ1n) is 6.59. The van der Waals surface area contributed by atoms with Gasteiger partial charge in [0, 0.05) is 26.8 Å². The molecule has 0 saturated heterocycles. The molecule has 2 nitrogen and oxygen atoms in total. The zero-order valence-corrected chi connectivity index (χ0v) is 15.1. The van der Waals surface area contributed by atoms with Gasteiger partial charge in [-0.2, -0.15) is 12.6 Å². The van der Waals surface area contributed by atoms with Gasteiger partial charge in [0.15, 0.2) is 0 Å². The Morgan fingerprint density at radius 3 is 2.53 bits per heavy atom. The average Bonchev–Trinajstić information content (AvgIpc) is 2.36. The Balaban J connectivity index is 2.04. The fraction of sp³-hybridized carbons (Fsp3) is 0.571. The molecule has 0 aliphatic heterocycles. The van der Waals surface area contributed by atoms with Gasteiger partial charge in [-0.05, 0) is 66.4 Å². The quantitative estimate of drug-likeness (QED) is 0.571. The van der Waals surface area contributed by atoms with Crippen LogP contribution < -0.4 is 5.73 Å². The van der Waals surface area contributed by atoms with Gasteiger partial charge in [-0.25, -0.2) is 0 Å². The maximum atomic E-state index is 6.14. The summed E-state index contributed by atoms with van der Waals surface area (Å²) in [4.78, 5) is 2.42. The average molecular weight is 408 g/mol. The van der Waals surface area contributed by atoms with E-state index in [4.69, 9.17) is 5.73 Å². The van der Waals surface area contributed by atoms with Gasteiger partial charge >= 0.3 is 0 Å². The lowest BCUT2D eigenvalue weighted by molar-refractivity contribution is 0.187. The largest absolute Gasteiger partial charge is 0.398 e. The molecule has 1 aromatic rings. The molecular weight excluding hydrogens is 388 g/mol. The second-order valence-electron chi connectivity index (χ2n) is 5.34. The molecule has 1 saturated carbocycles. The van der Waals surface area contributed by atoms with Gasteiger partial charge in [0.2, 0.25) is 0 Å². The highest BCUT2D eigenvalue weighted by atomic mass is 79.9. The Labute approximate surface area is 137 Å². The SMILES string of the molecule is CN(Cc1cc(Br)cc(Br)c1N)C1CCC(S)CC1. The second kappa shape index (κ2) is 6.83. The Kier molecular flexibility index (Phi) is 5.64. The first kappa shape index (κ1) is 15.7. The van der Waals surface area contributed by atoms with Gasteiger partial charge in [-0.15, -0.1) is 0 Å². The number of anilines is 1. The van der Waals surface area contributed by atoms with E-state index >= 15 is 0 Å². The maximum Gasteiger partial charge on any atom is 0.0504 e. The number of hydrogen-bond acceptors (Lipinski definition) is 3. The summed E-state index contributed by atoms with van der Waals surface area (Å²) in [5.41, 5.74) is 8.17. The van der Waals surface area contributed by atoms with Crippen molar-refractivity contribution in [2.75, 3.05) is 12.8 Å². The highest BCUT2D eigenvalue weighted by Gasteiger charge is 2.22. The van der Waals surface area contributed by atoms with Gasteiger partial charge in [-0.1, -0.05) is 15.9 Å². The van der Waals surface area contributed by atoms with Crippen molar-refractivity contribution in [2.45, 2.75) is 43.5 Å². The predicted octanol–water partition coefficient (Wildman–Crippen LogP) is 4.47. The van der Waals surface area contributed by atoms with Crippen LogP contribution in [0, 0.1) is 0 Å². The second-order valence-corrected chi connectivity index (χ2v) is 7.84. The van der Waals surface area contributed by atoms with E-state index in [1.165, 1.54) is 31.2 Å². The minimum absolute atomic E-state index is 0.592. The molecule has 19 heavy (non-hydrogen) atoms. The van der Waals surface area contributed by atoms with Gasteiger partial charge in [-0.3, -0.25) is 4.90 Å². The summed E-state index contributed by atoms with van der Waals surface area (Å²) < 4.78 is 2.03. The fourth-order valence-electron chi connectivity index (χ4n) is 2.67. The Bertz CT molecular complexity index is 445. The van der Waals surface area contributed by atoms with Crippen molar-refractivity contribution < 1.29 is 0 Å². The van der Waals surface area contributed by atoms with Crippen molar-refractivity contribution in [3.8, 4) is 0 Å². The van der Waals surface area contributed by atoms with Crippen LogP contribution in [0.2, 0.25) is 0 Å². The first-order valence-corrected chi connectivity index (χ1v) is 8.69. The molecule has 106 valence electrons. The van der Waals surface area contributed by atoms with Gasteiger partial charge < -0.3 is 5.73 Å². The van der Waals surface area contributed by atoms with Crippen molar-refractivity contribution in [3.05, 3.63) is 26.6 Å². The van der Waals surface area contributed by atoms with Crippen LogP contribution in [-0.2, 0) is 6.54 Å². The normalized spacial score (nSPS) is 23.8. The fourth-order valence-corrected chi connectivity index (χ4v) is 4.28. The van der Waals surface area contributed by atoms with Crippen LogP contribution in [-0.4, -0.2) is 23.2 Å². The van der Waals surface area contributed by atoms with Crippen molar-refractivity contribution in [3.63, 3.8) is 0 Å². The molecule has 1 aromatic carbocycles. The Hall–Kier alpha value is 0.290. The molecule has 0 aromatic heterocycles. The van der Waals surface area contributed by atoms with Gasteiger partial charge in [0.05, 0.1) is 5.69 Å². The van der Waals surface area contributed by atoms with E-state index < -0.39 is 0 Å². The molecule has 0 radical (unpaired) electrons. The molecule has 1 fully saturated rings. The number of rotatable bonds is 3. The molecule has 0 unspecified atom stereocenters. The third kappa shape index (κ3) is 4.13. The molecule has 0 spiro atoms. The monoisotopic (exact) mass is 406 g/mol. The third-order valence-corrected chi connectivity index (χ3v) is 5.52. The molecular formula is C14H20Br2N2S. The van der Waals surface area contributed by atoms with Crippen LogP contribution in [0.25, 0.3) is 0 Å². The van der Waals surface area contributed by atoms with Crippen molar-refractivity contribution in [1.29, 1.82) is 0 Å². The number of benzene rings is 1. The van der Waals surface area contributed by atoms with E-state index in [1.807, 2.05) is 6.07 Å². The Morgan fingerprint density at radius 1 is 1.26 bits per heavy atom. The first-order chi connectivity index (χ1) is 8.97. The van der Waals surface area contributed by atoms with E-state index in [0.717, 1.165) is 21.2 Å². The molecule has 0 atom stereocenters. The lowest BCUT2D eigenvalue weighted by Crippen LogP contribution is -2.35. The molecule has 0 heterocycles. The molecule has 1 aliphatic rings. The standard InChI is InChI=1S/C14H20Br2N2S/c1-18(11-2-4-12(19)5-3-11)8-9-6-10(15)7-13(16)14(9)17/h6-7,11-12,19H,2-5,8,17H2,1H3.